The van der Waals surface area contributed by atoms with Crippen molar-refractivity contribution in [2.45, 2.75) is 45.9 Å². The van der Waals surface area contributed by atoms with Gasteiger partial charge < -0.3 is 15.3 Å². The minimum atomic E-state index is -3.08. The molecule has 1 aliphatic heterocycles. The van der Waals surface area contributed by atoms with Gasteiger partial charge in [0.05, 0.1) is 17.0 Å². The first-order valence-corrected chi connectivity index (χ1v) is 10.3. The Labute approximate surface area is 174 Å². The predicted molar refractivity (Wildman–Crippen MR) is 117 cm³/mol. The smallest absolute Gasteiger partial charge is 0.194 e. The van der Waals surface area contributed by atoms with E-state index in [1.165, 1.54) is 0 Å². The molecule has 0 aliphatic carbocycles. The maximum atomic E-state index is 12.2. The molecule has 0 aromatic heterocycles. The third-order valence-electron chi connectivity index (χ3n) is 4.64. The number of phenolic OH excluding ortho intramolecular Hbond substituents is 1. The number of aliphatic imine (C=N–C) groups is 1. The molecule has 0 radical (unpaired) electrons. The number of guanidine groups is 1. The Bertz CT molecular complexity index is 753. The molecule has 2 rings (SSSR count). The topological polar surface area (TPSA) is 82.0 Å². The number of benzene rings is 1. The lowest BCUT2D eigenvalue weighted by molar-refractivity contribution is 0.353. The Hall–Kier alpha value is -1.03. The Morgan fingerprint density at radius 3 is 2.38 bits per heavy atom. The van der Waals surface area contributed by atoms with E-state index >= 15 is 0 Å². The van der Waals surface area contributed by atoms with Gasteiger partial charge >= 0.3 is 0 Å². The fourth-order valence-corrected chi connectivity index (χ4v) is 4.42. The lowest BCUT2D eigenvalue weighted by Crippen LogP contribution is -2.57. The SMILES string of the molecule is CCNC(=NCc1cc(C)c(O)c(C)c1)N1CCS(=O)(=O)C(C)(C)C1.I. The third kappa shape index (κ3) is 5.03. The van der Waals surface area contributed by atoms with Crippen molar-refractivity contribution in [3.8, 4) is 5.75 Å². The number of halogens is 1. The fourth-order valence-electron chi connectivity index (χ4n) is 3.05. The van der Waals surface area contributed by atoms with Crippen LogP contribution in [0.1, 0.15) is 37.5 Å². The van der Waals surface area contributed by atoms with Crippen LogP contribution in [0, 0.1) is 13.8 Å². The zero-order chi connectivity index (χ0) is 18.8. The van der Waals surface area contributed by atoms with E-state index in [1.807, 2.05) is 37.8 Å². The molecule has 0 saturated carbocycles. The zero-order valence-electron chi connectivity index (χ0n) is 16.2. The molecule has 0 spiro atoms. The summed E-state index contributed by atoms with van der Waals surface area (Å²) in [5.74, 6) is 1.19. The Morgan fingerprint density at radius 1 is 1.31 bits per heavy atom. The summed E-state index contributed by atoms with van der Waals surface area (Å²) < 4.78 is 23.6. The predicted octanol–water partition coefficient (Wildman–Crippen LogP) is 2.60. The molecule has 26 heavy (non-hydrogen) atoms. The summed E-state index contributed by atoms with van der Waals surface area (Å²) in [7, 11) is -3.08. The van der Waals surface area contributed by atoms with Gasteiger partial charge in [0.25, 0.3) is 0 Å². The molecule has 8 heteroatoms. The minimum Gasteiger partial charge on any atom is -0.507 e. The van der Waals surface area contributed by atoms with Crippen LogP contribution in [0.4, 0.5) is 0 Å². The van der Waals surface area contributed by atoms with Crippen LogP contribution >= 0.6 is 24.0 Å². The van der Waals surface area contributed by atoms with Gasteiger partial charge in [-0.25, -0.2) is 13.4 Å². The summed E-state index contributed by atoms with van der Waals surface area (Å²) in [5.41, 5.74) is 2.69. The Balaban J connectivity index is 0.00000338. The minimum absolute atomic E-state index is 0. The van der Waals surface area contributed by atoms with Gasteiger partial charge in [0, 0.05) is 19.6 Å². The van der Waals surface area contributed by atoms with E-state index in [2.05, 4.69) is 10.3 Å². The summed E-state index contributed by atoms with van der Waals surface area (Å²) in [6.45, 7) is 11.4. The van der Waals surface area contributed by atoms with E-state index in [-0.39, 0.29) is 29.7 Å². The normalized spacial score (nSPS) is 19.0. The first-order chi connectivity index (χ1) is 11.6. The number of hydrogen-bond donors (Lipinski definition) is 2. The molecule has 1 heterocycles. The summed E-state index contributed by atoms with van der Waals surface area (Å²) in [6, 6.07) is 3.86. The molecule has 148 valence electrons. The third-order valence-corrected chi connectivity index (χ3v) is 7.17. The van der Waals surface area contributed by atoms with Gasteiger partial charge in [-0.3, -0.25) is 0 Å². The van der Waals surface area contributed by atoms with Crippen molar-refractivity contribution in [2.24, 2.45) is 4.99 Å². The lowest BCUT2D eigenvalue weighted by atomic mass is 10.1. The Kier molecular flexibility index (Phi) is 7.76. The van der Waals surface area contributed by atoms with Crippen molar-refractivity contribution in [3.63, 3.8) is 0 Å². The highest BCUT2D eigenvalue weighted by Crippen LogP contribution is 2.25. The molecule has 1 aromatic carbocycles. The van der Waals surface area contributed by atoms with E-state index in [4.69, 9.17) is 0 Å². The van der Waals surface area contributed by atoms with Gasteiger partial charge in [-0.1, -0.05) is 12.1 Å². The van der Waals surface area contributed by atoms with Crippen molar-refractivity contribution in [1.82, 2.24) is 10.2 Å². The van der Waals surface area contributed by atoms with E-state index < -0.39 is 14.6 Å². The van der Waals surface area contributed by atoms with Crippen molar-refractivity contribution < 1.29 is 13.5 Å². The maximum Gasteiger partial charge on any atom is 0.194 e. The number of sulfone groups is 1. The van der Waals surface area contributed by atoms with Crippen LogP contribution in [-0.2, 0) is 16.4 Å². The van der Waals surface area contributed by atoms with Gasteiger partial charge in [0.1, 0.15) is 5.75 Å². The molecule has 1 aromatic rings. The molecule has 0 amide bonds. The van der Waals surface area contributed by atoms with Crippen LogP contribution in [-0.4, -0.2) is 54.5 Å². The van der Waals surface area contributed by atoms with E-state index in [9.17, 15) is 13.5 Å². The molecular formula is C18H30IN3O3S. The average molecular weight is 495 g/mol. The summed E-state index contributed by atoms with van der Waals surface area (Å²) in [6.07, 6.45) is 0. The molecule has 2 N–H and O–H groups in total. The van der Waals surface area contributed by atoms with Gasteiger partial charge in [-0.2, -0.15) is 0 Å². The zero-order valence-corrected chi connectivity index (χ0v) is 19.3. The molecule has 1 saturated heterocycles. The van der Waals surface area contributed by atoms with Gasteiger partial charge in [0.15, 0.2) is 15.8 Å². The first kappa shape index (κ1) is 23.0. The lowest BCUT2D eigenvalue weighted by Gasteiger charge is -2.39. The van der Waals surface area contributed by atoms with Crippen LogP contribution < -0.4 is 5.32 Å². The first-order valence-electron chi connectivity index (χ1n) is 8.62. The second kappa shape index (κ2) is 8.77. The van der Waals surface area contributed by atoms with Crippen LogP contribution in [0.5, 0.6) is 5.75 Å². The number of aromatic hydroxyl groups is 1. The van der Waals surface area contributed by atoms with Crippen molar-refractivity contribution in [1.29, 1.82) is 0 Å². The highest BCUT2D eigenvalue weighted by Gasteiger charge is 2.40. The second-order valence-corrected chi connectivity index (χ2v) is 9.99. The van der Waals surface area contributed by atoms with Crippen molar-refractivity contribution >= 4 is 39.8 Å². The van der Waals surface area contributed by atoms with E-state index in [0.717, 1.165) is 29.2 Å². The molecule has 6 nitrogen and oxygen atoms in total. The number of phenols is 1. The molecule has 0 bridgehead atoms. The number of hydrogen-bond acceptors (Lipinski definition) is 4. The van der Waals surface area contributed by atoms with E-state index in [1.54, 1.807) is 13.8 Å². The largest absolute Gasteiger partial charge is 0.507 e. The Morgan fingerprint density at radius 2 is 1.88 bits per heavy atom. The van der Waals surface area contributed by atoms with Crippen LogP contribution in [0.2, 0.25) is 0 Å². The molecule has 1 aliphatic rings. The van der Waals surface area contributed by atoms with Crippen molar-refractivity contribution in [3.05, 3.63) is 28.8 Å². The molecule has 0 unspecified atom stereocenters. The van der Waals surface area contributed by atoms with Crippen LogP contribution in [0.25, 0.3) is 0 Å². The van der Waals surface area contributed by atoms with Crippen molar-refractivity contribution in [2.75, 3.05) is 25.4 Å². The summed E-state index contributed by atoms with van der Waals surface area (Å²) in [4.78, 5) is 6.71. The van der Waals surface area contributed by atoms with Gasteiger partial charge in [-0.15, -0.1) is 24.0 Å². The molecule has 1 fully saturated rings. The van der Waals surface area contributed by atoms with E-state index in [0.29, 0.717) is 25.4 Å². The van der Waals surface area contributed by atoms with Crippen LogP contribution in [0.3, 0.4) is 0 Å². The highest BCUT2D eigenvalue weighted by molar-refractivity contribution is 14.0. The van der Waals surface area contributed by atoms with Crippen LogP contribution in [0.15, 0.2) is 17.1 Å². The summed E-state index contributed by atoms with van der Waals surface area (Å²) >= 11 is 0. The standard InChI is InChI=1S/C18H29N3O3S.HI/c1-6-19-17(21-7-8-25(23,24)18(4,5)12-21)20-11-15-9-13(2)16(22)14(3)10-15;/h9-10,22H,6-8,11-12H2,1-5H3,(H,19,20);1H. The summed E-state index contributed by atoms with van der Waals surface area (Å²) in [5, 5.41) is 13.1. The number of nitrogens with zero attached hydrogens (tertiary/aromatic N) is 2. The average Bonchev–Trinajstić information content (AvgIpc) is 2.51. The molecular weight excluding hydrogens is 465 g/mol. The van der Waals surface area contributed by atoms with Gasteiger partial charge in [0.2, 0.25) is 0 Å². The number of nitrogens with one attached hydrogen (secondary N) is 1. The maximum absolute atomic E-state index is 12.2. The quantitative estimate of drug-likeness (QED) is 0.383. The second-order valence-electron chi connectivity index (χ2n) is 7.25. The number of aryl methyl sites for hydroxylation is 2. The highest BCUT2D eigenvalue weighted by atomic mass is 127. The monoisotopic (exact) mass is 495 g/mol. The number of rotatable bonds is 3. The van der Waals surface area contributed by atoms with Gasteiger partial charge in [-0.05, 0) is 51.3 Å². The molecule has 0 atom stereocenters. The fraction of sp³-hybridized carbons (Fsp3) is 0.611.